The van der Waals surface area contributed by atoms with Crippen LogP contribution in [0.3, 0.4) is 0 Å². The van der Waals surface area contributed by atoms with E-state index in [0.29, 0.717) is 18.7 Å². The molecule has 21 heavy (non-hydrogen) atoms. The molecule has 0 aliphatic carbocycles. The fraction of sp³-hybridized carbons (Fsp3) is 0.667. The molecule has 5 N–H and O–H groups in total. The molecule has 2 heterocycles. The zero-order valence-corrected chi connectivity index (χ0v) is 11.9. The molecule has 1 aliphatic heterocycles. The number of rotatable bonds is 7. The quantitative estimate of drug-likeness (QED) is 0.377. The molecule has 1 aromatic heterocycles. The average Bonchev–Trinajstić information content (AvgIpc) is 2.87. The van der Waals surface area contributed by atoms with Crippen LogP contribution >= 0.6 is 0 Å². The molecule has 118 valence electrons. The molecule has 0 fully saturated rings. The van der Waals surface area contributed by atoms with Crippen molar-refractivity contribution >= 4 is 17.5 Å². The lowest BCUT2D eigenvalue weighted by Crippen LogP contribution is -2.38. The van der Waals surface area contributed by atoms with Crippen LogP contribution in [0.25, 0.3) is 0 Å². The van der Waals surface area contributed by atoms with Gasteiger partial charge in [-0.15, -0.1) is 0 Å². The van der Waals surface area contributed by atoms with Crippen LogP contribution in [0.5, 0.6) is 0 Å². The van der Waals surface area contributed by atoms with Gasteiger partial charge in [-0.2, -0.15) is 4.98 Å². The summed E-state index contributed by atoms with van der Waals surface area (Å²) in [7, 11) is 0. The maximum Gasteiger partial charge on any atom is 0.280 e. The van der Waals surface area contributed by atoms with Gasteiger partial charge in [0.25, 0.3) is 5.56 Å². The summed E-state index contributed by atoms with van der Waals surface area (Å²) in [6.45, 7) is 2.81. The van der Waals surface area contributed by atoms with Gasteiger partial charge in [0.15, 0.2) is 5.82 Å². The van der Waals surface area contributed by atoms with Gasteiger partial charge < -0.3 is 26.0 Å². The van der Waals surface area contributed by atoms with Gasteiger partial charge in [0.1, 0.15) is 5.69 Å². The highest BCUT2D eigenvalue weighted by Gasteiger charge is 2.30. The van der Waals surface area contributed by atoms with Crippen LogP contribution in [0.15, 0.2) is 4.79 Å². The molecule has 1 aromatic rings. The van der Waals surface area contributed by atoms with Crippen molar-refractivity contribution in [3.05, 3.63) is 10.4 Å². The molecule has 0 spiro atoms. The lowest BCUT2D eigenvalue weighted by atomic mass is 10.4. The summed E-state index contributed by atoms with van der Waals surface area (Å²) in [5.74, 6) is 0.387. The van der Waals surface area contributed by atoms with Gasteiger partial charge in [0.2, 0.25) is 12.4 Å². The van der Waals surface area contributed by atoms with Crippen LogP contribution < -0.4 is 21.5 Å². The van der Waals surface area contributed by atoms with Gasteiger partial charge in [-0.1, -0.05) is 6.92 Å². The molecule has 0 saturated carbocycles. The third-order valence-electron chi connectivity index (χ3n) is 3.16. The summed E-state index contributed by atoms with van der Waals surface area (Å²) < 4.78 is 6.57. The lowest BCUT2D eigenvalue weighted by molar-refractivity contribution is -0.100. The van der Waals surface area contributed by atoms with E-state index >= 15 is 0 Å². The van der Waals surface area contributed by atoms with E-state index < -0.39 is 6.41 Å². The lowest BCUT2D eigenvalue weighted by Gasteiger charge is -2.23. The number of nitrogen functional groups attached to an aromatic ring is 1. The van der Waals surface area contributed by atoms with Crippen LogP contribution in [-0.2, 0) is 11.3 Å². The third-order valence-corrected chi connectivity index (χ3v) is 3.16. The van der Waals surface area contributed by atoms with E-state index in [9.17, 15) is 9.90 Å². The van der Waals surface area contributed by atoms with Crippen LogP contribution in [-0.4, -0.2) is 46.1 Å². The number of anilines is 3. The van der Waals surface area contributed by atoms with E-state index in [1.807, 2.05) is 6.92 Å². The van der Waals surface area contributed by atoms with Gasteiger partial charge in [-0.25, -0.2) is 0 Å². The summed E-state index contributed by atoms with van der Waals surface area (Å²) in [4.78, 5) is 17.9. The van der Waals surface area contributed by atoms with E-state index in [2.05, 4.69) is 10.3 Å². The Labute approximate surface area is 122 Å². The van der Waals surface area contributed by atoms with Gasteiger partial charge in [0, 0.05) is 13.2 Å². The second-order valence-electron chi connectivity index (χ2n) is 4.70. The minimum absolute atomic E-state index is 0.0194. The van der Waals surface area contributed by atoms with Crippen molar-refractivity contribution in [2.24, 2.45) is 0 Å². The van der Waals surface area contributed by atoms with E-state index in [1.54, 1.807) is 0 Å². The molecule has 9 nitrogen and oxygen atoms in total. The number of aromatic nitrogens is 2. The summed E-state index contributed by atoms with van der Waals surface area (Å²) in [6.07, 6.45) is -0.0707. The Bertz CT molecular complexity index is 547. The van der Waals surface area contributed by atoms with Gasteiger partial charge in [-0.05, 0) is 12.8 Å². The maximum absolute atomic E-state index is 12.3. The minimum Gasteiger partial charge on any atom is -0.396 e. The zero-order chi connectivity index (χ0) is 15.4. The Morgan fingerprint density at radius 2 is 2.33 bits per heavy atom. The van der Waals surface area contributed by atoms with Gasteiger partial charge in [-0.3, -0.25) is 14.3 Å². The van der Waals surface area contributed by atoms with Crippen molar-refractivity contribution < 1.29 is 14.9 Å². The second-order valence-corrected chi connectivity index (χ2v) is 4.70. The van der Waals surface area contributed by atoms with E-state index in [4.69, 9.17) is 15.6 Å². The van der Waals surface area contributed by atoms with Gasteiger partial charge >= 0.3 is 0 Å². The van der Waals surface area contributed by atoms with Crippen LogP contribution in [0.2, 0.25) is 0 Å². The van der Waals surface area contributed by atoms with E-state index in [-0.39, 0.29) is 37.2 Å². The molecule has 1 unspecified atom stereocenters. The first-order valence-corrected chi connectivity index (χ1v) is 6.91. The number of aliphatic hydroxyl groups excluding tert-OH is 2. The summed E-state index contributed by atoms with van der Waals surface area (Å²) in [6, 6.07) is 0. The predicted molar refractivity (Wildman–Crippen MR) is 77.8 cm³/mol. The SMILES string of the molecule is CCCn1c(N)nc2c(c1=O)NCN2C(O)OCCCO. The second kappa shape index (κ2) is 6.74. The third kappa shape index (κ3) is 3.09. The molecule has 0 amide bonds. The number of aliphatic hydroxyl groups is 2. The van der Waals surface area contributed by atoms with Crippen molar-refractivity contribution in [1.82, 2.24) is 9.55 Å². The van der Waals surface area contributed by atoms with Crippen LogP contribution in [0, 0.1) is 0 Å². The van der Waals surface area contributed by atoms with Crippen molar-refractivity contribution in [2.75, 3.05) is 35.8 Å². The van der Waals surface area contributed by atoms with E-state index in [1.165, 1.54) is 9.47 Å². The molecule has 1 aliphatic rings. The maximum atomic E-state index is 12.3. The minimum atomic E-state index is -1.25. The van der Waals surface area contributed by atoms with Crippen LogP contribution in [0.1, 0.15) is 19.8 Å². The number of nitrogens with zero attached hydrogens (tertiary/aromatic N) is 3. The van der Waals surface area contributed by atoms with Crippen molar-refractivity contribution in [3.8, 4) is 0 Å². The number of ether oxygens (including phenoxy) is 1. The Balaban J connectivity index is 2.22. The smallest absolute Gasteiger partial charge is 0.280 e. The first-order chi connectivity index (χ1) is 10.1. The standard InChI is InChI=1S/C12H21N5O4/c1-2-4-16-10(19)8-9(15-11(16)13)17(7-14-8)12(20)21-6-3-5-18/h12,14,18,20H,2-7H2,1H3,(H2,13,15). The highest BCUT2D eigenvalue weighted by Crippen LogP contribution is 2.28. The van der Waals surface area contributed by atoms with Gasteiger partial charge in [0.05, 0.1) is 13.3 Å². The number of nitrogens with two attached hydrogens (primary N) is 1. The normalized spacial score (nSPS) is 14.9. The topological polar surface area (TPSA) is 126 Å². The summed E-state index contributed by atoms with van der Waals surface area (Å²) in [5.41, 5.74) is 5.85. The number of nitrogens with one attached hydrogen (secondary N) is 1. The summed E-state index contributed by atoms with van der Waals surface area (Å²) >= 11 is 0. The van der Waals surface area contributed by atoms with Crippen molar-refractivity contribution in [2.45, 2.75) is 32.7 Å². The highest BCUT2D eigenvalue weighted by molar-refractivity contribution is 5.71. The fourth-order valence-electron chi connectivity index (χ4n) is 2.13. The molecule has 0 saturated heterocycles. The molecule has 9 heteroatoms. The fourth-order valence-corrected chi connectivity index (χ4v) is 2.13. The van der Waals surface area contributed by atoms with Crippen LogP contribution in [0.4, 0.5) is 17.5 Å². The molecule has 0 bridgehead atoms. The Morgan fingerprint density at radius 1 is 1.57 bits per heavy atom. The highest BCUT2D eigenvalue weighted by atomic mass is 16.6. The first kappa shape index (κ1) is 15.5. The zero-order valence-electron chi connectivity index (χ0n) is 11.9. The van der Waals surface area contributed by atoms with E-state index in [0.717, 1.165) is 6.42 Å². The molecule has 2 rings (SSSR count). The number of hydrogen-bond acceptors (Lipinski definition) is 8. The molecule has 1 atom stereocenters. The van der Waals surface area contributed by atoms with Crippen molar-refractivity contribution in [3.63, 3.8) is 0 Å². The Morgan fingerprint density at radius 3 is 3.00 bits per heavy atom. The predicted octanol–water partition coefficient (Wildman–Crippen LogP) is -0.900. The molecular weight excluding hydrogens is 278 g/mol. The Hall–Kier alpha value is -1.84. The number of hydrogen-bond donors (Lipinski definition) is 4. The molecule has 0 radical (unpaired) electrons. The molecular formula is C12H21N5O4. The first-order valence-electron chi connectivity index (χ1n) is 6.91. The number of fused-ring (bicyclic) bond motifs is 1. The Kier molecular flexibility index (Phi) is 4.99. The summed E-state index contributed by atoms with van der Waals surface area (Å²) in [5, 5.41) is 21.6. The van der Waals surface area contributed by atoms with Crippen molar-refractivity contribution in [1.29, 1.82) is 0 Å². The average molecular weight is 299 g/mol. The molecule has 0 aromatic carbocycles. The largest absolute Gasteiger partial charge is 0.396 e. The monoisotopic (exact) mass is 299 g/mol.